The van der Waals surface area contributed by atoms with Gasteiger partial charge in [0.1, 0.15) is 5.82 Å². The van der Waals surface area contributed by atoms with E-state index in [-0.39, 0.29) is 5.41 Å². The molecule has 0 spiro atoms. The molecule has 0 aliphatic rings. The van der Waals surface area contributed by atoms with Crippen LogP contribution in [0.5, 0.6) is 0 Å². The molecule has 0 saturated carbocycles. The number of nitrogens with zero attached hydrogens (tertiary/aromatic N) is 1. The molecule has 0 radical (unpaired) electrons. The minimum atomic E-state index is 0.0871. The van der Waals surface area contributed by atoms with E-state index in [1.54, 1.807) is 0 Å². The first-order chi connectivity index (χ1) is 6.50. The summed E-state index contributed by atoms with van der Waals surface area (Å²) < 4.78 is 0. The van der Waals surface area contributed by atoms with Crippen LogP contribution in [0, 0.1) is 0 Å². The highest BCUT2D eigenvalue weighted by Gasteiger charge is 2.18. The number of nitrogen functional groups attached to an aromatic ring is 1. The van der Waals surface area contributed by atoms with E-state index in [1.807, 2.05) is 18.5 Å². The van der Waals surface area contributed by atoms with Gasteiger partial charge in [-0.25, -0.2) is 4.98 Å². The van der Waals surface area contributed by atoms with Gasteiger partial charge in [-0.05, 0) is 11.5 Å². The van der Waals surface area contributed by atoms with Crippen LogP contribution in [-0.2, 0) is 5.41 Å². The summed E-state index contributed by atoms with van der Waals surface area (Å²) in [5.74, 6) is 0.592. The zero-order chi connectivity index (χ0) is 10.3. The third kappa shape index (κ3) is 1.25. The number of hydrogen-bond acceptors (Lipinski definition) is 2. The van der Waals surface area contributed by atoms with Gasteiger partial charge in [0, 0.05) is 23.3 Å². The molecule has 0 fully saturated rings. The number of fused-ring (bicyclic) bond motifs is 1. The van der Waals surface area contributed by atoms with Gasteiger partial charge in [0.15, 0.2) is 0 Å². The van der Waals surface area contributed by atoms with Crippen LogP contribution < -0.4 is 5.73 Å². The van der Waals surface area contributed by atoms with Gasteiger partial charge in [0.05, 0.1) is 5.52 Å². The lowest BCUT2D eigenvalue weighted by Gasteiger charge is -2.19. The molecule has 2 aromatic heterocycles. The molecule has 3 heteroatoms. The van der Waals surface area contributed by atoms with E-state index in [1.165, 1.54) is 5.56 Å². The van der Waals surface area contributed by atoms with Crippen molar-refractivity contribution in [3.63, 3.8) is 0 Å². The third-order valence-corrected chi connectivity index (χ3v) is 2.43. The first-order valence-corrected chi connectivity index (χ1v) is 4.72. The van der Waals surface area contributed by atoms with E-state index in [4.69, 9.17) is 5.73 Å². The molecule has 74 valence electrons. The first-order valence-electron chi connectivity index (χ1n) is 4.72. The van der Waals surface area contributed by atoms with Crippen LogP contribution in [0.2, 0.25) is 0 Å². The summed E-state index contributed by atoms with van der Waals surface area (Å²) in [6, 6.07) is 1.97. The number of aromatic nitrogens is 2. The van der Waals surface area contributed by atoms with E-state index < -0.39 is 0 Å². The number of H-pyrrole nitrogens is 1. The van der Waals surface area contributed by atoms with Gasteiger partial charge in [0.25, 0.3) is 0 Å². The van der Waals surface area contributed by atoms with E-state index in [0.29, 0.717) is 5.82 Å². The average molecular weight is 189 g/mol. The molecule has 2 aromatic rings. The van der Waals surface area contributed by atoms with Gasteiger partial charge < -0.3 is 10.7 Å². The van der Waals surface area contributed by atoms with Gasteiger partial charge in [-0.3, -0.25) is 0 Å². The molecule has 3 nitrogen and oxygen atoms in total. The largest absolute Gasteiger partial charge is 0.383 e. The van der Waals surface area contributed by atoms with Crippen molar-refractivity contribution in [1.82, 2.24) is 9.97 Å². The van der Waals surface area contributed by atoms with Crippen molar-refractivity contribution < 1.29 is 0 Å². The molecule has 14 heavy (non-hydrogen) atoms. The maximum absolute atomic E-state index is 5.78. The molecule has 0 saturated heterocycles. The summed E-state index contributed by atoms with van der Waals surface area (Å²) in [5, 5.41) is 1.01. The van der Waals surface area contributed by atoms with E-state index in [0.717, 1.165) is 10.9 Å². The lowest BCUT2D eigenvalue weighted by Crippen LogP contribution is -2.12. The topological polar surface area (TPSA) is 54.7 Å². The molecule has 2 heterocycles. The average Bonchev–Trinajstić information content (AvgIpc) is 2.50. The second-order valence-corrected chi connectivity index (χ2v) is 4.57. The molecule has 0 aliphatic carbocycles. The Balaban J connectivity index is 2.80. The van der Waals surface area contributed by atoms with Crippen LogP contribution in [0.4, 0.5) is 5.82 Å². The van der Waals surface area contributed by atoms with Crippen LogP contribution in [0.1, 0.15) is 26.3 Å². The van der Waals surface area contributed by atoms with Crippen LogP contribution in [0.25, 0.3) is 10.9 Å². The van der Waals surface area contributed by atoms with Crippen LogP contribution in [-0.4, -0.2) is 9.97 Å². The number of nitrogens with one attached hydrogen (secondary N) is 1. The van der Waals surface area contributed by atoms with Crippen molar-refractivity contribution in [2.45, 2.75) is 26.2 Å². The lowest BCUT2D eigenvalue weighted by atomic mass is 9.87. The third-order valence-electron chi connectivity index (χ3n) is 2.43. The molecule has 0 amide bonds. The molecule has 0 aromatic carbocycles. The Morgan fingerprint density at radius 3 is 2.71 bits per heavy atom. The van der Waals surface area contributed by atoms with Gasteiger partial charge >= 0.3 is 0 Å². The summed E-state index contributed by atoms with van der Waals surface area (Å²) in [6.07, 6.45) is 3.76. The van der Waals surface area contributed by atoms with E-state index >= 15 is 0 Å². The molecule has 0 unspecified atom stereocenters. The quantitative estimate of drug-likeness (QED) is 0.668. The number of pyridine rings is 1. The predicted molar refractivity (Wildman–Crippen MR) is 59.2 cm³/mol. The second kappa shape index (κ2) is 2.74. The Morgan fingerprint density at radius 1 is 1.36 bits per heavy atom. The van der Waals surface area contributed by atoms with Crippen molar-refractivity contribution in [2.24, 2.45) is 0 Å². The lowest BCUT2D eigenvalue weighted by molar-refractivity contribution is 0.592. The number of nitrogens with two attached hydrogens (primary N) is 1. The maximum Gasteiger partial charge on any atom is 0.132 e. The van der Waals surface area contributed by atoms with Gasteiger partial charge in [-0.2, -0.15) is 0 Å². The Bertz CT molecular complexity index is 463. The van der Waals surface area contributed by atoms with Crippen molar-refractivity contribution >= 4 is 16.7 Å². The van der Waals surface area contributed by atoms with Gasteiger partial charge in [-0.15, -0.1) is 0 Å². The van der Waals surface area contributed by atoms with Crippen LogP contribution in [0.15, 0.2) is 18.5 Å². The summed E-state index contributed by atoms with van der Waals surface area (Å²) in [7, 11) is 0. The standard InChI is InChI=1S/C11H15N3/c1-11(2,3)8-6-14-10(12)7-4-5-13-9(7)8/h4-6,13H,1-3H3,(H2,12,14). The van der Waals surface area contributed by atoms with E-state index in [9.17, 15) is 0 Å². The van der Waals surface area contributed by atoms with Gasteiger partial charge in [-0.1, -0.05) is 20.8 Å². The fourth-order valence-corrected chi connectivity index (χ4v) is 1.64. The zero-order valence-electron chi connectivity index (χ0n) is 8.76. The normalized spacial score (nSPS) is 12.2. The van der Waals surface area contributed by atoms with E-state index in [2.05, 4.69) is 30.7 Å². The molecule has 3 N–H and O–H groups in total. The van der Waals surface area contributed by atoms with Gasteiger partial charge in [0.2, 0.25) is 0 Å². The fourth-order valence-electron chi connectivity index (χ4n) is 1.64. The number of hydrogen-bond donors (Lipinski definition) is 2. The predicted octanol–water partition coefficient (Wildman–Crippen LogP) is 2.44. The smallest absolute Gasteiger partial charge is 0.132 e. The molecule has 0 bridgehead atoms. The van der Waals surface area contributed by atoms with Crippen LogP contribution in [0.3, 0.4) is 0 Å². The maximum atomic E-state index is 5.78. The first kappa shape index (κ1) is 9.06. The zero-order valence-corrected chi connectivity index (χ0v) is 8.76. The highest BCUT2D eigenvalue weighted by atomic mass is 14.8. The number of anilines is 1. The highest BCUT2D eigenvalue weighted by molar-refractivity contribution is 5.91. The Kier molecular flexibility index (Phi) is 1.77. The molecular weight excluding hydrogens is 174 g/mol. The number of aromatic amines is 1. The minimum Gasteiger partial charge on any atom is -0.383 e. The Hall–Kier alpha value is -1.51. The van der Waals surface area contributed by atoms with Crippen molar-refractivity contribution in [3.8, 4) is 0 Å². The molecular formula is C11H15N3. The van der Waals surface area contributed by atoms with Crippen LogP contribution >= 0.6 is 0 Å². The Labute approximate surface area is 83.3 Å². The fraction of sp³-hybridized carbons (Fsp3) is 0.364. The minimum absolute atomic E-state index is 0.0871. The molecule has 0 aliphatic heterocycles. The second-order valence-electron chi connectivity index (χ2n) is 4.57. The summed E-state index contributed by atoms with van der Waals surface area (Å²) in [6.45, 7) is 6.50. The summed E-state index contributed by atoms with van der Waals surface area (Å²) >= 11 is 0. The molecule has 0 atom stereocenters. The highest BCUT2D eigenvalue weighted by Crippen LogP contribution is 2.30. The van der Waals surface area contributed by atoms with Crippen molar-refractivity contribution in [3.05, 3.63) is 24.0 Å². The Morgan fingerprint density at radius 2 is 2.07 bits per heavy atom. The number of rotatable bonds is 0. The monoisotopic (exact) mass is 189 g/mol. The van der Waals surface area contributed by atoms with Crippen molar-refractivity contribution in [1.29, 1.82) is 0 Å². The SMILES string of the molecule is CC(C)(C)c1cnc(N)c2cc[nH]c12. The molecule has 2 rings (SSSR count). The van der Waals surface area contributed by atoms with Crippen molar-refractivity contribution in [2.75, 3.05) is 5.73 Å². The summed E-state index contributed by atoms with van der Waals surface area (Å²) in [4.78, 5) is 7.42. The summed E-state index contributed by atoms with van der Waals surface area (Å²) in [5.41, 5.74) is 8.17.